The van der Waals surface area contributed by atoms with Crippen molar-refractivity contribution in [3.63, 3.8) is 0 Å². The molecule has 42 valence electrons. The zero-order valence-corrected chi connectivity index (χ0v) is 4.16. The minimum atomic E-state index is 0. The molecule has 0 bridgehead atoms. The zero-order chi connectivity index (χ0) is 0. The van der Waals surface area contributed by atoms with Gasteiger partial charge in [0, 0.05) is 33.6 Å². The van der Waals surface area contributed by atoms with E-state index in [1.165, 1.54) is 0 Å². The number of rotatable bonds is 0. The summed E-state index contributed by atoms with van der Waals surface area (Å²) in [4.78, 5) is 0. The molecule has 2 radical (unpaired) electrons. The van der Waals surface area contributed by atoms with E-state index >= 15 is 0 Å². The van der Waals surface area contributed by atoms with Gasteiger partial charge in [-0.3, -0.25) is 0 Å². The second kappa shape index (κ2) is 93.0. The van der Waals surface area contributed by atoms with Gasteiger partial charge in [-0.15, -0.1) is 0 Å². The van der Waals surface area contributed by atoms with Crippen LogP contribution in [0.4, 0.5) is 0 Å². The van der Waals surface area contributed by atoms with Crippen LogP contribution in [0, 0.1) is 0 Å². The van der Waals surface area contributed by atoms with Gasteiger partial charge in [0.1, 0.15) is 0 Å². The van der Waals surface area contributed by atoms with Crippen LogP contribution in [0.25, 0.3) is 0 Å². The summed E-state index contributed by atoms with van der Waals surface area (Å²) in [6.07, 6.45) is 0. The van der Waals surface area contributed by atoms with E-state index in [1.54, 1.807) is 0 Å². The Hall–Kier alpha value is 0.893. The normalized spacial score (nSPS) is 0. The molecule has 0 aromatic rings. The van der Waals surface area contributed by atoms with Crippen LogP contribution in [0.5, 0.6) is 0 Å². The van der Waals surface area contributed by atoms with Crippen LogP contribution in [-0.4, -0.2) is 11.0 Å². The van der Waals surface area contributed by atoms with E-state index in [4.69, 9.17) is 0 Å². The molecular weight excluding hydrogens is 166 g/mol. The van der Waals surface area contributed by atoms with Gasteiger partial charge in [0.05, 0.1) is 0 Å². The SMILES string of the molecule is O.O.[Co].[Co].[O-2]. The van der Waals surface area contributed by atoms with Crippen molar-refractivity contribution in [2.24, 2.45) is 0 Å². The molecule has 0 saturated heterocycles. The summed E-state index contributed by atoms with van der Waals surface area (Å²) < 4.78 is 0. The molecule has 0 unspecified atom stereocenters. The predicted molar refractivity (Wildman–Crippen MR) is 7.91 cm³/mol. The first-order valence-electron chi connectivity index (χ1n) is 0. The quantitative estimate of drug-likeness (QED) is 0.411. The second-order valence-corrected chi connectivity index (χ2v) is 0. The average Bonchev–Trinajstić information content (AvgIpc) is 0. The molecule has 0 aliphatic heterocycles. The molecule has 0 aliphatic carbocycles. The van der Waals surface area contributed by atoms with Gasteiger partial charge in [-0.25, -0.2) is 0 Å². The van der Waals surface area contributed by atoms with Crippen molar-refractivity contribution in [2.45, 2.75) is 0 Å². The largest absolute Gasteiger partial charge is 2.00 e. The van der Waals surface area contributed by atoms with Gasteiger partial charge in [-0.1, -0.05) is 0 Å². The van der Waals surface area contributed by atoms with Gasteiger partial charge >= 0.3 is 0 Å². The van der Waals surface area contributed by atoms with Crippen LogP contribution in [0.15, 0.2) is 0 Å². The van der Waals surface area contributed by atoms with Crippen LogP contribution in [-0.2, 0) is 39.0 Å². The van der Waals surface area contributed by atoms with Gasteiger partial charge in [0.2, 0.25) is 0 Å². The third-order valence-corrected chi connectivity index (χ3v) is 0. The third kappa shape index (κ3) is 51.4. The fourth-order valence-electron chi connectivity index (χ4n) is 0. The molecule has 4 N–H and O–H groups in total. The Balaban J connectivity index is 0. The van der Waals surface area contributed by atoms with E-state index in [1.807, 2.05) is 0 Å². The van der Waals surface area contributed by atoms with Crippen LogP contribution >= 0.6 is 0 Å². The molecule has 5 heteroatoms. The smallest absolute Gasteiger partial charge is 0 e. The van der Waals surface area contributed by atoms with Crippen molar-refractivity contribution in [3.05, 3.63) is 0 Å². The molecule has 0 rings (SSSR count). The summed E-state index contributed by atoms with van der Waals surface area (Å²) in [5.41, 5.74) is 0. The minimum Gasteiger partial charge on any atom is -2.00 e. The molecule has 5 heavy (non-hydrogen) atoms. The summed E-state index contributed by atoms with van der Waals surface area (Å²) in [7, 11) is 0. The molecule has 0 spiro atoms. The first kappa shape index (κ1) is 177. The maximum atomic E-state index is 0. The van der Waals surface area contributed by atoms with Gasteiger partial charge in [0.15, 0.2) is 0 Å². The molecule has 0 aromatic carbocycles. The Morgan fingerprint density at radius 3 is 0.600 bits per heavy atom. The zero-order valence-electron chi connectivity index (χ0n) is 2.07. The first-order valence-corrected chi connectivity index (χ1v) is 0. The Morgan fingerprint density at radius 1 is 0.600 bits per heavy atom. The third-order valence-electron chi connectivity index (χ3n) is 0. The molecular formula is H4Co2O3-2. The fourth-order valence-corrected chi connectivity index (χ4v) is 0. The molecule has 0 saturated carbocycles. The molecule has 0 fully saturated rings. The summed E-state index contributed by atoms with van der Waals surface area (Å²) in [6.45, 7) is 0. The van der Waals surface area contributed by atoms with Crippen LogP contribution in [0.3, 0.4) is 0 Å². The van der Waals surface area contributed by atoms with Crippen molar-refractivity contribution in [3.8, 4) is 0 Å². The minimum absolute atomic E-state index is 0. The topological polar surface area (TPSA) is 91.5 Å². The van der Waals surface area contributed by atoms with Crippen molar-refractivity contribution in [1.29, 1.82) is 0 Å². The van der Waals surface area contributed by atoms with Crippen molar-refractivity contribution < 1.29 is 50.0 Å². The van der Waals surface area contributed by atoms with E-state index in [0.29, 0.717) is 0 Å². The summed E-state index contributed by atoms with van der Waals surface area (Å²) >= 11 is 0. The molecule has 3 nitrogen and oxygen atoms in total. The Labute approximate surface area is 50.5 Å². The van der Waals surface area contributed by atoms with Crippen LogP contribution in [0.2, 0.25) is 0 Å². The van der Waals surface area contributed by atoms with Gasteiger partial charge < -0.3 is 16.4 Å². The van der Waals surface area contributed by atoms with Crippen molar-refractivity contribution in [1.82, 2.24) is 0 Å². The number of hydrogen-bond donors (Lipinski definition) is 0. The summed E-state index contributed by atoms with van der Waals surface area (Å²) in [6, 6.07) is 0. The van der Waals surface area contributed by atoms with Crippen molar-refractivity contribution in [2.75, 3.05) is 0 Å². The predicted octanol–water partition coefficient (Wildman–Crippen LogP) is -1.77. The molecule has 0 aliphatic rings. The Morgan fingerprint density at radius 2 is 0.600 bits per heavy atom. The second-order valence-electron chi connectivity index (χ2n) is 0. The monoisotopic (exact) mass is 170 g/mol. The molecule has 0 amide bonds. The molecule has 0 aromatic heterocycles. The standard InChI is InChI=1S/2Co.2H2O.O/h;;2*1H2;/q;;;;-2. The molecule has 0 atom stereocenters. The molecule has 0 heterocycles. The van der Waals surface area contributed by atoms with Crippen LogP contribution in [0.1, 0.15) is 0 Å². The maximum absolute atomic E-state index is 0. The van der Waals surface area contributed by atoms with E-state index in [0.717, 1.165) is 0 Å². The van der Waals surface area contributed by atoms with E-state index in [2.05, 4.69) is 0 Å². The van der Waals surface area contributed by atoms with Gasteiger partial charge in [-0.2, -0.15) is 0 Å². The number of hydrogen-bond acceptors (Lipinski definition) is 0. The van der Waals surface area contributed by atoms with Crippen LogP contribution < -0.4 is 0 Å². The first-order chi connectivity index (χ1) is 0. The van der Waals surface area contributed by atoms with Gasteiger partial charge in [-0.05, 0) is 0 Å². The maximum Gasteiger partial charge on any atom is 0 e. The van der Waals surface area contributed by atoms with E-state index in [-0.39, 0.29) is 50.0 Å². The Kier molecular flexibility index (Phi) is 3290. The fraction of sp³-hybridized carbons (Fsp3) is 0. The summed E-state index contributed by atoms with van der Waals surface area (Å²) in [5.74, 6) is 0. The average molecular weight is 170 g/mol. The Bertz CT molecular complexity index is 4.85. The van der Waals surface area contributed by atoms with Crippen molar-refractivity contribution >= 4 is 0 Å². The van der Waals surface area contributed by atoms with E-state index in [9.17, 15) is 0 Å². The summed E-state index contributed by atoms with van der Waals surface area (Å²) in [5, 5.41) is 0. The van der Waals surface area contributed by atoms with E-state index < -0.39 is 0 Å². The van der Waals surface area contributed by atoms with Gasteiger partial charge in [0.25, 0.3) is 0 Å².